The molecule has 0 amide bonds. The quantitative estimate of drug-likeness (QED) is 0.731. The van der Waals surface area contributed by atoms with Crippen LogP contribution in [0.5, 0.6) is 0 Å². The largest absolute Gasteiger partial charge is 0.480 e. The summed E-state index contributed by atoms with van der Waals surface area (Å²) in [6, 6.07) is 0. The highest BCUT2D eigenvalue weighted by Gasteiger charge is 2.38. The van der Waals surface area contributed by atoms with Gasteiger partial charge in [-0.2, -0.15) is 0 Å². The highest BCUT2D eigenvalue weighted by molar-refractivity contribution is 8.00. The highest BCUT2D eigenvalue weighted by atomic mass is 32.2. The number of ether oxygens (including phenoxy) is 1. The van der Waals surface area contributed by atoms with Crippen LogP contribution in [-0.2, 0) is 14.3 Å². The Bertz CT molecular complexity index is 269. The van der Waals surface area contributed by atoms with Crippen molar-refractivity contribution in [3.63, 3.8) is 0 Å². The fraction of sp³-hybridized carbons (Fsp3) is 0.800. The van der Waals surface area contributed by atoms with Crippen LogP contribution in [0.1, 0.15) is 27.2 Å². The average Bonchev–Trinajstić information content (AvgIpc) is 2.50. The molecule has 1 N–H and O–H groups in total. The van der Waals surface area contributed by atoms with E-state index in [-0.39, 0.29) is 5.97 Å². The maximum absolute atomic E-state index is 11.6. The first-order valence-electron chi connectivity index (χ1n) is 4.88. The van der Waals surface area contributed by atoms with Gasteiger partial charge >= 0.3 is 11.9 Å². The highest BCUT2D eigenvalue weighted by Crippen LogP contribution is 2.31. The van der Waals surface area contributed by atoms with Crippen LogP contribution in [0.15, 0.2) is 0 Å². The SMILES string of the molecule is CC(C)(C)C(=O)OC1CCSC1C(=O)O. The van der Waals surface area contributed by atoms with Gasteiger partial charge in [-0.3, -0.25) is 9.59 Å². The van der Waals surface area contributed by atoms with E-state index in [1.807, 2.05) is 0 Å². The molecule has 0 saturated carbocycles. The Kier molecular flexibility index (Phi) is 3.65. The molecule has 2 atom stereocenters. The fourth-order valence-electron chi connectivity index (χ4n) is 1.24. The Balaban J connectivity index is 2.58. The number of aliphatic carboxylic acids is 1. The predicted molar refractivity (Wildman–Crippen MR) is 57.8 cm³/mol. The number of carboxylic acids is 1. The Morgan fingerprint density at radius 1 is 1.40 bits per heavy atom. The lowest BCUT2D eigenvalue weighted by Crippen LogP contribution is -2.35. The van der Waals surface area contributed by atoms with Crippen molar-refractivity contribution in [3.8, 4) is 0 Å². The lowest BCUT2D eigenvalue weighted by molar-refractivity contribution is -0.160. The Labute approximate surface area is 93.4 Å². The zero-order valence-electron chi connectivity index (χ0n) is 9.15. The number of hydrogen-bond donors (Lipinski definition) is 1. The summed E-state index contributed by atoms with van der Waals surface area (Å²) in [4.78, 5) is 22.4. The maximum Gasteiger partial charge on any atom is 0.320 e. The van der Waals surface area contributed by atoms with Crippen molar-refractivity contribution in [1.29, 1.82) is 0 Å². The Morgan fingerprint density at radius 2 is 2.00 bits per heavy atom. The number of carboxylic acid groups (broad SMARTS) is 1. The molecule has 0 radical (unpaired) electrons. The summed E-state index contributed by atoms with van der Waals surface area (Å²) in [7, 11) is 0. The molecule has 0 aromatic heterocycles. The second-order valence-electron chi connectivity index (χ2n) is 4.61. The molecule has 0 spiro atoms. The van der Waals surface area contributed by atoms with Crippen molar-refractivity contribution in [2.24, 2.45) is 5.41 Å². The van der Waals surface area contributed by atoms with E-state index in [0.717, 1.165) is 5.75 Å². The number of thioether (sulfide) groups is 1. The molecule has 5 heteroatoms. The van der Waals surface area contributed by atoms with E-state index in [0.29, 0.717) is 6.42 Å². The molecule has 2 unspecified atom stereocenters. The third-order valence-corrected chi connectivity index (χ3v) is 3.49. The molecule has 4 nitrogen and oxygen atoms in total. The average molecular weight is 232 g/mol. The molecule has 0 aromatic carbocycles. The van der Waals surface area contributed by atoms with Crippen molar-refractivity contribution >= 4 is 23.7 Å². The number of hydrogen-bond acceptors (Lipinski definition) is 4. The van der Waals surface area contributed by atoms with Gasteiger partial charge in [-0.15, -0.1) is 11.8 Å². The minimum Gasteiger partial charge on any atom is -0.480 e. The third-order valence-electron chi connectivity index (χ3n) is 2.15. The summed E-state index contributed by atoms with van der Waals surface area (Å²) in [5.41, 5.74) is -0.573. The second kappa shape index (κ2) is 4.43. The summed E-state index contributed by atoms with van der Waals surface area (Å²) in [6.07, 6.45) is 0.155. The van der Waals surface area contributed by atoms with Gasteiger partial charge in [0, 0.05) is 0 Å². The van der Waals surface area contributed by atoms with Gasteiger partial charge in [-0.1, -0.05) is 0 Å². The molecule has 15 heavy (non-hydrogen) atoms. The van der Waals surface area contributed by atoms with E-state index in [1.165, 1.54) is 11.8 Å². The van der Waals surface area contributed by atoms with Crippen LogP contribution in [0.2, 0.25) is 0 Å². The molecule has 1 aliphatic rings. The van der Waals surface area contributed by atoms with E-state index in [2.05, 4.69) is 0 Å². The zero-order valence-corrected chi connectivity index (χ0v) is 9.97. The van der Waals surface area contributed by atoms with Gasteiger partial charge in [0.25, 0.3) is 0 Å². The minimum absolute atomic E-state index is 0.332. The van der Waals surface area contributed by atoms with Crippen LogP contribution in [-0.4, -0.2) is 34.2 Å². The normalized spacial score (nSPS) is 26.3. The lowest BCUT2D eigenvalue weighted by atomic mass is 9.97. The van der Waals surface area contributed by atoms with Crippen molar-refractivity contribution in [1.82, 2.24) is 0 Å². The molecular weight excluding hydrogens is 216 g/mol. The van der Waals surface area contributed by atoms with Crippen molar-refractivity contribution in [2.75, 3.05) is 5.75 Å². The molecule has 0 bridgehead atoms. The minimum atomic E-state index is -0.899. The molecule has 0 aliphatic carbocycles. The smallest absolute Gasteiger partial charge is 0.320 e. The van der Waals surface area contributed by atoms with Gasteiger partial charge in [0.2, 0.25) is 0 Å². The van der Waals surface area contributed by atoms with Gasteiger partial charge in [0.05, 0.1) is 5.41 Å². The van der Waals surface area contributed by atoms with Crippen LogP contribution >= 0.6 is 11.8 Å². The fourth-order valence-corrected chi connectivity index (χ4v) is 2.41. The summed E-state index contributed by atoms with van der Waals surface area (Å²) in [5.74, 6) is -0.496. The number of carbonyl (C=O) groups is 2. The predicted octanol–water partition coefficient (Wildman–Crippen LogP) is 1.53. The molecule has 86 valence electrons. The number of rotatable bonds is 2. The van der Waals surface area contributed by atoms with Crippen LogP contribution in [0, 0.1) is 5.41 Å². The molecule has 1 aliphatic heterocycles. The topological polar surface area (TPSA) is 63.6 Å². The molecule has 0 aromatic rings. The van der Waals surface area contributed by atoms with Crippen molar-refractivity contribution < 1.29 is 19.4 Å². The Morgan fingerprint density at radius 3 is 2.47 bits per heavy atom. The standard InChI is InChI=1S/C10H16O4S/c1-10(2,3)9(13)14-6-4-5-15-7(6)8(11)12/h6-7H,4-5H2,1-3H3,(H,11,12). The van der Waals surface area contributed by atoms with E-state index in [4.69, 9.17) is 9.84 Å². The van der Waals surface area contributed by atoms with Gasteiger partial charge < -0.3 is 9.84 Å². The van der Waals surface area contributed by atoms with Crippen LogP contribution < -0.4 is 0 Å². The number of carbonyl (C=O) groups excluding carboxylic acids is 1. The first-order chi connectivity index (χ1) is 6.82. The molecule has 1 heterocycles. The van der Waals surface area contributed by atoms with Crippen molar-refractivity contribution in [2.45, 2.75) is 38.5 Å². The second-order valence-corrected chi connectivity index (χ2v) is 5.86. The van der Waals surface area contributed by atoms with Crippen LogP contribution in [0.4, 0.5) is 0 Å². The van der Waals surface area contributed by atoms with E-state index >= 15 is 0 Å². The molecular formula is C10H16O4S. The van der Waals surface area contributed by atoms with Gasteiger partial charge in [0.15, 0.2) is 0 Å². The van der Waals surface area contributed by atoms with E-state index < -0.39 is 22.7 Å². The van der Waals surface area contributed by atoms with Gasteiger partial charge in [0.1, 0.15) is 11.4 Å². The first kappa shape index (κ1) is 12.4. The monoisotopic (exact) mass is 232 g/mol. The summed E-state index contributed by atoms with van der Waals surface area (Å²) in [6.45, 7) is 5.27. The van der Waals surface area contributed by atoms with Crippen molar-refractivity contribution in [3.05, 3.63) is 0 Å². The Hall–Kier alpha value is -0.710. The maximum atomic E-state index is 11.6. The molecule has 1 fully saturated rings. The van der Waals surface area contributed by atoms with Crippen LogP contribution in [0.3, 0.4) is 0 Å². The zero-order chi connectivity index (χ0) is 11.6. The van der Waals surface area contributed by atoms with Gasteiger partial charge in [-0.05, 0) is 32.9 Å². The summed E-state index contributed by atoms with van der Waals surface area (Å²) in [5, 5.41) is 8.29. The number of esters is 1. The van der Waals surface area contributed by atoms with Crippen LogP contribution in [0.25, 0.3) is 0 Å². The summed E-state index contributed by atoms with van der Waals surface area (Å²) >= 11 is 1.33. The first-order valence-corrected chi connectivity index (χ1v) is 5.93. The third kappa shape index (κ3) is 3.12. The molecule has 1 saturated heterocycles. The lowest BCUT2D eigenvalue weighted by Gasteiger charge is -2.22. The molecule has 1 rings (SSSR count). The van der Waals surface area contributed by atoms with E-state index in [9.17, 15) is 9.59 Å². The van der Waals surface area contributed by atoms with Gasteiger partial charge in [-0.25, -0.2) is 0 Å². The summed E-state index contributed by atoms with van der Waals surface area (Å²) < 4.78 is 5.21. The van der Waals surface area contributed by atoms with E-state index in [1.54, 1.807) is 20.8 Å².